The van der Waals surface area contributed by atoms with Gasteiger partial charge in [0.1, 0.15) is 0 Å². The molecule has 0 bridgehead atoms. The molecule has 5 rings (SSSR count). The van der Waals surface area contributed by atoms with E-state index in [1.165, 1.54) is 22.5 Å². The first-order valence-corrected chi connectivity index (χ1v) is 11.0. The second kappa shape index (κ2) is 8.10. The lowest BCUT2D eigenvalue weighted by Crippen LogP contribution is -2.19. The molecule has 1 aliphatic rings. The number of amides is 1. The van der Waals surface area contributed by atoms with Crippen LogP contribution in [-0.2, 0) is 4.79 Å². The summed E-state index contributed by atoms with van der Waals surface area (Å²) in [4.78, 5) is 17.7. The molecule has 0 radical (unpaired) electrons. The van der Waals surface area contributed by atoms with Crippen molar-refractivity contribution in [1.82, 2.24) is 9.88 Å². The highest BCUT2D eigenvalue weighted by Gasteiger charge is 2.24. The fourth-order valence-electron chi connectivity index (χ4n) is 3.50. The summed E-state index contributed by atoms with van der Waals surface area (Å²) in [6.45, 7) is 1.96. The third kappa shape index (κ3) is 4.02. The number of fused-ring (bicyclic) bond motifs is 1. The van der Waals surface area contributed by atoms with E-state index >= 15 is 0 Å². The quantitative estimate of drug-likeness (QED) is 0.368. The largest absolute Gasteiger partial charge is 0.317 e. The Morgan fingerprint density at radius 1 is 1.00 bits per heavy atom. The van der Waals surface area contributed by atoms with Gasteiger partial charge in [-0.1, -0.05) is 48.0 Å². The van der Waals surface area contributed by atoms with Gasteiger partial charge in [0.2, 0.25) is 0 Å². The highest BCUT2D eigenvalue weighted by Crippen LogP contribution is 2.31. The Labute approximate surface area is 189 Å². The Hall–Kier alpha value is -3.28. The Balaban J connectivity index is 1.46. The first kappa shape index (κ1) is 19.7. The summed E-state index contributed by atoms with van der Waals surface area (Å²) in [5.74, 6) is -0.158. The van der Waals surface area contributed by atoms with E-state index in [4.69, 9.17) is 11.6 Å². The first-order valence-electron chi connectivity index (χ1n) is 9.79. The van der Waals surface area contributed by atoms with E-state index in [0.29, 0.717) is 15.1 Å². The molecule has 3 aromatic carbocycles. The molecule has 152 valence electrons. The number of aryl methyl sites for hydroxylation is 1. The molecule has 0 unspecified atom stereocenters. The van der Waals surface area contributed by atoms with E-state index in [1.807, 2.05) is 55.6 Å². The van der Waals surface area contributed by atoms with Gasteiger partial charge in [-0.3, -0.25) is 4.79 Å². The Kier molecular flexibility index (Phi) is 5.14. The summed E-state index contributed by atoms with van der Waals surface area (Å²) in [6.07, 6.45) is 3.89. The van der Waals surface area contributed by atoms with Gasteiger partial charge in [-0.2, -0.15) is 0 Å². The molecular formula is C25H18ClN3OS. The summed E-state index contributed by atoms with van der Waals surface area (Å²) in [5, 5.41) is 6.38. The van der Waals surface area contributed by atoms with Gasteiger partial charge in [0, 0.05) is 22.6 Å². The molecule has 0 saturated carbocycles. The van der Waals surface area contributed by atoms with Crippen LogP contribution in [0.3, 0.4) is 0 Å². The highest BCUT2D eigenvalue weighted by molar-refractivity contribution is 8.18. The molecule has 4 aromatic rings. The second-order valence-electron chi connectivity index (χ2n) is 7.25. The maximum absolute atomic E-state index is 12.6. The van der Waals surface area contributed by atoms with Gasteiger partial charge < -0.3 is 9.88 Å². The summed E-state index contributed by atoms with van der Waals surface area (Å²) in [5.41, 5.74) is 3.71. The lowest BCUT2D eigenvalue weighted by molar-refractivity contribution is -0.115. The number of nitrogens with zero attached hydrogens (tertiary/aromatic N) is 2. The maximum atomic E-state index is 12.6. The zero-order valence-electron chi connectivity index (χ0n) is 16.7. The van der Waals surface area contributed by atoms with E-state index in [-0.39, 0.29) is 5.91 Å². The number of rotatable bonds is 3. The third-order valence-corrected chi connectivity index (χ3v) is 6.26. The van der Waals surface area contributed by atoms with E-state index in [2.05, 4.69) is 45.2 Å². The van der Waals surface area contributed by atoms with Crippen LogP contribution >= 0.6 is 23.4 Å². The van der Waals surface area contributed by atoms with Crippen LogP contribution in [0.2, 0.25) is 5.02 Å². The molecule has 0 aliphatic carbocycles. The average molecular weight is 444 g/mol. The van der Waals surface area contributed by atoms with Crippen LogP contribution in [0, 0.1) is 6.92 Å². The predicted molar refractivity (Wildman–Crippen MR) is 130 cm³/mol. The van der Waals surface area contributed by atoms with Gasteiger partial charge in [0.05, 0.1) is 10.6 Å². The van der Waals surface area contributed by atoms with Crippen LogP contribution < -0.4 is 5.32 Å². The van der Waals surface area contributed by atoms with E-state index in [0.717, 1.165) is 22.6 Å². The number of halogens is 1. The third-order valence-electron chi connectivity index (χ3n) is 5.11. The van der Waals surface area contributed by atoms with E-state index < -0.39 is 0 Å². The highest BCUT2D eigenvalue weighted by atomic mass is 35.5. The average Bonchev–Trinajstić information content (AvgIpc) is 3.37. The van der Waals surface area contributed by atoms with Crippen molar-refractivity contribution in [2.75, 3.05) is 0 Å². The Morgan fingerprint density at radius 2 is 1.84 bits per heavy atom. The van der Waals surface area contributed by atoms with Gasteiger partial charge in [0.15, 0.2) is 5.17 Å². The van der Waals surface area contributed by atoms with Gasteiger partial charge in [-0.15, -0.1) is 0 Å². The molecule has 1 amide bonds. The van der Waals surface area contributed by atoms with Crippen LogP contribution in [0.25, 0.3) is 22.5 Å². The van der Waals surface area contributed by atoms with Crippen LogP contribution in [0.5, 0.6) is 0 Å². The minimum absolute atomic E-state index is 0.158. The number of hydrogen-bond acceptors (Lipinski definition) is 3. The van der Waals surface area contributed by atoms with Gasteiger partial charge >= 0.3 is 0 Å². The van der Waals surface area contributed by atoms with E-state index in [1.54, 1.807) is 6.07 Å². The molecule has 1 fully saturated rings. The van der Waals surface area contributed by atoms with Gasteiger partial charge in [0.25, 0.3) is 5.91 Å². The lowest BCUT2D eigenvalue weighted by Gasteiger charge is -2.08. The van der Waals surface area contributed by atoms with Crippen LogP contribution in [0.4, 0.5) is 5.69 Å². The molecule has 4 nitrogen and oxygen atoms in total. The summed E-state index contributed by atoms with van der Waals surface area (Å²) < 4.78 is 2.07. The van der Waals surface area contributed by atoms with Gasteiger partial charge in [-0.05, 0) is 77.5 Å². The SMILES string of the molecule is Cc1ccc(Cl)cc1N=C1NC(=O)/C(=C/c2cccn2-c2ccc3ccccc3c2)S1. The zero-order valence-corrected chi connectivity index (χ0v) is 18.2. The smallest absolute Gasteiger partial charge is 0.264 e. The maximum Gasteiger partial charge on any atom is 0.264 e. The van der Waals surface area contributed by atoms with Crippen molar-refractivity contribution in [3.63, 3.8) is 0 Å². The number of aliphatic imine (C=N–C) groups is 1. The number of carbonyl (C=O) groups is 1. The number of thioether (sulfide) groups is 1. The first-order chi connectivity index (χ1) is 15.1. The van der Waals surface area contributed by atoms with Crippen molar-refractivity contribution in [2.45, 2.75) is 6.92 Å². The van der Waals surface area contributed by atoms with Crippen LogP contribution in [-0.4, -0.2) is 15.6 Å². The van der Waals surface area contributed by atoms with Crippen LogP contribution in [0.15, 0.2) is 88.9 Å². The number of carbonyl (C=O) groups excluding carboxylic acids is 1. The Bertz CT molecular complexity index is 1390. The second-order valence-corrected chi connectivity index (χ2v) is 8.71. The molecule has 1 N–H and O–H groups in total. The number of nitrogens with one attached hydrogen (secondary N) is 1. The predicted octanol–water partition coefficient (Wildman–Crippen LogP) is 6.48. The minimum Gasteiger partial charge on any atom is -0.317 e. The molecule has 6 heteroatoms. The zero-order chi connectivity index (χ0) is 21.4. The van der Waals surface area contributed by atoms with Gasteiger partial charge in [-0.25, -0.2) is 4.99 Å². The van der Waals surface area contributed by atoms with Crippen molar-refractivity contribution >= 4 is 57.0 Å². The molecule has 2 heterocycles. The Morgan fingerprint density at radius 3 is 2.71 bits per heavy atom. The summed E-state index contributed by atoms with van der Waals surface area (Å²) >= 11 is 7.42. The topological polar surface area (TPSA) is 46.4 Å². The van der Waals surface area contributed by atoms with Crippen molar-refractivity contribution in [1.29, 1.82) is 0 Å². The molecular weight excluding hydrogens is 426 g/mol. The summed E-state index contributed by atoms with van der Waals surface area (Å²) in [7, 11) is 0. The molecule has 1 saturated heterocycles. The monoisotopic (exact) mass is 443 g/mol. The van der Waals surface area contributed by atoms with E-state index in [9.17, 15) is 4.79 Å². The normalized spacial score (nSPS) is 16.4. The number of amidine groups is 1. The number of hydrogen-bond donors (Lipinski definition) is 1. The summed E-state index contributed by atoms with van der Waals surface area (Å²) in [6, 6.07) is 24.1. The van der Waals surface area contributed by atoms with Crippen molar-refractivity contribution in [3.05, 3.63) is 100 Å². The van der Waals surface area contributed by atoms with Crippen molar-refractivity contribution < 1.29 is 4.79 Å². The van der Waals surface area contributed by atoms with Crippen molar-refractivity contribution in [2.24, 2.45) is 4.99 Å². The fraction of sp³-hybridized carbons (Fsp3) is 0.0400. The molecule has 31 heavy (non-hydrogen) atoms. The molecule has 0 atom stereocenters. The van der Waals surface area contributed by atoms with Crippen LogP contribution in [0.1, 0.15) is 11.3 Å². The lowest BCUT2D eigenvalue weighted by atomic mass is 10.1. The molecule has 0 spiro atoms. The minimum atomic E-state index is -0.158. The van der Waals surface area contributed by atoms with Crippen molar-refractivity contribution in [3.8, 4) is 5.69 Å². The standard InChI is InChI=1S/C25H18ClN3OS/c1-16-8-10-19(26)14-22(16)27-25-28-24(30)23(31-25)15-20-7-4-12-29(20)21-11-9-17-5-2-3-6-18(17)13-21/h2-15H,1H3,(H,27,28,30)/b23-15-. The number of aromatic nitrogens is 1. The number of benzene rings is 3. The molecule has 1 aliphatic heterocycles. The fourth-order valence-corrected chi connectivity index (χ4v) is 4.49. The molecule has 1 aromatic heterocycles.